The Morgan fingerprint density at radius 3 is 2.25 bits per heavy atom. The van der Waals surface area contributed by atoms with Gasteiger partial charge >= 0.3 is 155 Å². The van der Waals surface area contributed by atoms with Gasteiger partial charge in [0.25, 0.3) is 0 Å². The first-order valence-corrected chi connectivity index (χ1v) is 14.6. The van der Waals surface area contributed by atoms with E-state index in [0.717, 1.165) is 6.54 Å². The number of benzene rings is 3. The third kappa shape index (κ3) is 2.44. The molecule has 0 fully saturated rings. The van der Waals surface area contributed by atoms with Crippen molar-refractivity contribution in [1.29, 1.82) is 0 Å². The van der Waals surface area contributed by atoms with Crippen LogP contribution in [-0.2, 0) is 9.84 Å². The molecule has 0 aromatic heterocycles. The number of halogens is 1. The Kier molecular flexibility index (Phi) is 4.03. The zero-order valence-electron chi connectivity index (χ0n) is 12.9. The zero-order chi connectivity index (χ0) is 16.9. The summed E-state index contributed by atoms with van der Waals surface area (Å²) in [6, 6.07) is 21.1. The Balaban J connectivity index is 2.10. The molecule has 1 aliphatic heterocycles. The molecule has 0 aliphatic carbocycles. The molecule has 1 heterocycles. The van der Waals surface area contributed by atoms with Gasteiger partial charge < -0.3 is 0 Å². The quantitative estimate of drug-likeness (QED) is 0.341. The number of fused-ring (bicyclic) bond motifs is 2. The van der Waals surface area contributed by atoms with Crippen molar-refractivity contribution in [3.63, 3.8) is 0 Å². The first-order valence-electron chi connectivity index (χ1n) is 7.49. The van der Waals surface area contributed by atoms with Gasteiger partial charge in [-0.3, -0.25) is 0 Å². The predicted octanol–water partition coefficient (Wildman–Crippen LogP) is 2.31. The third-order valence-corrected chi connectivity index (χ3v) is 18.3. The molecule has 0 atom stereocenters. The molecule has 3 aromatic rings. The van der Waals surface area contributed by atoms with E-state index < -0.39 is 31.6 Å². The minimum atomic E-state index is -3.51. The summed E-state index contributed by atoms with van der Waals surface area (Å²) in [6.45, 7) is 2.05. The van der Waals surface area contributed by atoms with Gasteiger partial charge in [-0.2, -0.15) is 0 Å². The third-order valence-electron chi connectivity index (χ3n) is 4.15. The second-order valence-electron chi connectivity index (χ2n) is 5.73. The maximum absolute atomic E-state index is 13.1. The van der Waals surface area contributed by atoms with Crippen molar-refractivity contribution in [2.45, 2.75) is 16.7 Å². The molecule has 0 amide bonds. The average Bonchev–Trinajstić information content (AvgIpc) is 2.58. The summed E-state index contributed by atoms with van der Waals surface area (Å²) < 4.78 is 29.2. The number of hydrogen-bond donors (Lipinski definition) is 0. The summed E-state index contributed by atoms with van der Waals surface area (Å²) in [6.07, 6.45) is 0. The fourth-order valence-electron chi connectivity index (χ4n) is 3.00. The topological polar surface area (TPSA) is 34.1 Å². The van der Waals surface area contributed by atoms with Crippen molar-refractivity contribution in [1.82, 2.24) is 0 Å². The van der Waals surface area contributed by atoms with Crippen molar-refractivity contribution >= 4 is 53.0 Å². The fourth-order valence-corrected chi connectivity index (χ4v) is 18.9. The van der Waals surface area contributed by atoms with Gasteiger partial charge in [-0.1, -0.05) is 0 Å². The van der Waals surface area contributed by atoms with Crippen LogP contribution in [0.1, 0.15) is 5.56 Å². The monoisotopic (exact) mass is 550 g/mol. The molecule has 0 spiro atoms. The van der Waals surface area contributed by atoms with Gasteiger partial charge in [-0.25, -0.2) is 0 Å². The summed E-state index contributed by atoms with van der Waals surface area (Å²) in [7, 11) is -3.51. The number of aryl methyl sites for hydroxylation is 1. The summed E-state index contributed by atoms with van der Waals surface area (Å²) in [5.74, 6) is 0. The van der Waals surface area contributed by atoms with Crippen LogP contribution in [0.2, 0.25) is 5.02 Å². The molecule has 0 saturated heterocycles. The normalized spacial score (nSPS) is 15.6. The molecule has 1 aliphatic rings. The van der Waals surface area contributed by atoms with Crippen LogP contribution in [0.3, 0.4) is 0 Å². The van der Waals surface area contributed by atoms with E-state index in [2.05, 4.69) is 31.2 Å². The van der Waals surface area contributed by atoms with E-state index in [1.54, 1.807) is 30.3 Å². The van der Waals surface area contributed by atoms with Crippen molar-refractivity contribution in [2.24, 2.45) is 0 Å². The molecule has 4 rings (SSSR count). The van der Waals surface area contributed by atoms with E-state index in [4.69, 9.17) is 11.6 Å². The molecule has 120 valence electrons. The summed E-state index contributed by atoms with van der Waals surface area (Å²) in [4.78, 5) is 0.852. The van der Waals surface area contributed by atoms with Crippen LogP contribution >= 0.6 is 11.6 Å². The van der Waals surface area contributed by atoms with Crippen LogP contribution in [0, 0.1) is 6.92 Å². The number of hydrogen-bond acceptors (Lipinski definition) is 2. The molecule has 2 nitrogen and oxygen atoms in total. The molecule has 5 heteroatoms. The maximum atomic E-state index is 13.1. The van der Waals surface area contributed by atoms with Crippen molar-refractivity contribution in [2.75, 3.05) is 0 Å². The van der Waals surface area contributed by atoms with Crippen molar-refractivity contribution < 1.29 is 8.42 Å². The average molecular weight is 551 g/mol. The van der Waals surface area contributed by atoms with E-state index in [1.807, 2.05) is 12.1 Å². The van der Waals surface area contributed by atoms with Crippen molar-refractivity contribution in [3.05, 3.63) is 77.3 Å². The van der Waals surface area contributed by atoms with E-state index in [1.165, 1.54) is 8.83 Å². The SMILES string of the molecule is Cc1cc[c]([Bi]2[c]3ccccc3S(=O)(=O)c3cccc(Cl)[c]32)cc1. The first kappa shape index (κ1) is 16.3. The summed E-state index contributed by atoms with van der Waals surface area (Å²) >= 11 is 3.75. The van der Waals surface area contributed by atoms with E-state index >= 15 is 0 Å². The Hall–Kier alpha value is -1.22. The standard InChI is InChI=1S/C12H7ClO2S.C7H7.Bi/c13-10-5-4-8-12(9-10)16(14,15)11-6-2-1-3-7-11;1-7-5-3-2-4-6-7;/h1-6,8H;3-6H,1H3;. The minimum absolute atomic E-state index is 0.395. The van der Waals surface area contributed by atoms with Gasteiger partial charge in [0.2, 0.25) is 0 Å². The van der Waals surface area contributed by atoms with Crippen LogP contribution < -0.4 is 9.81 Å². The molecule has 0 bridgehead atoms. The molecule has 0 saturated carbocycles. The Labute approximate surface area is 154 Å². The second kappa shape index (κ2) is 5.94. The van der Waals surface area contributed by atoms with Gasteiger partial charge in [0.15, 0.2) is 0 Å². The van der Waals surface area contributed by atoms with E-state index in [0.29, 0.717) is 14.8 Å². The Morgan fingerprint density at radius 2 is 1.50 bits per heavy atom. The molecule has 0 radical (unpaired) electrons. The molecule has 24 heavy (non-hydrogen) atoms. The summed E-state index contributed by atoms with van der Waals surface area (Å²) in [5.41, 5.74) is 1.19. The van der Waals surface area contributed by atoms with Crippen molar-refractivity contribution in [3.8, 4) is 0 Å². The Morgan fingerprint density at radius 1 is 0.833 bits per heavy atom. The van der Waals surface area contributed by atoms with Gasteiger partial charge in [0, 0.05) is 0 Å². The van der Waals surface area contributed by atoms with Gasteiger partial charge in [-0.05, 0) is 0 Å². The van der Waals surface area contributed by atoms with Crippen LogP contribution in [0.15, 0.2) is 76.5 Å². The van der Waals surface area contributed by atoms with E-state index in [9.17, 15) is 8.42 Å². The van der Waals surface area contributed by atoms with Crippen LogP contribution in [-0.4, -0.2) is 30.2 Å². The molecule has 0 N–H and O–H groups in total. The number of sulfone groups is 1. The first-order chi connectivity index (χ1) is 11.5. The molecular weight excluding hydrogens is 537 g/mol. The van der Waals surface area contributed by atoms with Crippen LogP contribution in [0.4, 0.5) is 0 Å². The Bertz CT molecular complexity index is 1040. The van der Waals surface area contributed by atoms with Crippen LogP contribution in [0.5, 0.6) is 0 Å². The number of rotatable bonds is 1. The fraction of sp³-hybridized carbons (Fsp3) is 0.0526. The predicted molar refractivity (Wildman–Crippen MR) is 99.2 cm³/mol. The zero-order valence-corrected chi connectivity index (χ0v) is 18.0. The summed E-state index contributed by atoms with van der Waals surface area (Å²) in [5, 5.41) is 0.573. The van der Waals surface area contributed by atoms with Gasteiger partial charge in [0.05, 0.1) is 0 Å². The van der Waals surface area contributed by atoms with Gasteiger partial charge in [-0.15, -0.1) is 0 Å². The molecule has 3 aromatic carbocycles. The second-order valence-corrected chi connectivity index (χ2v) is 16.2. The van der Waals surface area contributed by atoms with E-state index in [-0.39, 0.29) is 0 Å². The van der Waals surface area contributed by atoms with Gasteiger partial charge in [0.1, 0.15) is 0 Å². The molecular formula is C19H14BiClO2S. The molecule has 0 unspecified atom stereocenters. The van der Waals surface area contributed by atoms with Crippen LogP contribution in [0.25, 0.3) is 0 Å².